The molecule has 0 spiro atoms. The van der Waals surface area contributed by atoms with Crippen LogP contribution in [0.4, 0.5) is 0 Å². The van der Waals surface area contributed by atoms with Gasteiger partial charge in [0.25, 0.3) is 5.91 Å². The van der Waals surface area contributed by atoms with Crippen LogP contribution < -0.4 is 16.5 Å². The zero-order valence-corrected chi connectivity index (χ0v) is 10.8. The number of nitrogens with two attached hydrogens (primary N) is 1. The summed E-state index contributed by atoms with van der Waals surface area (Å²) in [5, 5.41) is 11.1. The van der Waals surface area contributed by atoms with Crippen molar-refractivity contribution in [3.63, 3.8) is 0 Å². The molecule has 0 fully saturated rings. The van der Waals surface area contributed by atoms with E-state index in [9.17, 15) is 19.2 Å². The number of carboxylic acid groups (broad SMARTS) is 1. The standard InChI is InChI=1S/C12H15N3O5/c1-6-4-9(16)7(5-14-6)11(18)15-8(12(19)20)2-3-10(13)17/h4-5,8H,2-3H2,1H3,(H2,13,17)(H,14,16)(H,15,18)(H,19,20). The highest BCUT2D eigenvalue weighted by Gasteiger charge is 2.22. The van der Waals surface area contributed by atoms with Crippen LogP contribution in [0.3, 0.4) is 0 Å². The van der Waals surface area contributed by atoms with Crippen molar-refractivity contribution >= 4 is 17.8 Å². The van der Waals surface area contributed by atoms with E-state index in [4.69, 9.17) is 10.8 Å². The molecular weight excluding hydrogens is 266 g/mol. The molecule has 1 rings (SSSR count). The average Bonchev–Trinajstić information content (AvgIpc) is 2.33. The third kappa shape index (κ3) is 4.23. The highest BCUT2D eigenvalue weighted by atomic mass is 16.4. The van der Waals surface area contributed by atoms with Gasteiger partial charge in [-0.2, -0.15) is 0 Å². The van der Waals surface area contributed by atoms with E-state index in [2.05, 4.69) is 10.3 Å². The van der Waals surface area contributed by atoms with Gasteiger partial charge in [-0.1, -0.05) is 0 Å². The summed E-state index contributed by atoms with van der Waals surface area (Å²) in [6, 6.07) is -0.0515. The van der Waals surface area contributed by atoms with Crippen molar-refractivity contribution < 1.29 is 19.5 Å². The maximum Gasteiger partial charge on any atom is 0.326 e. The Hall–Kier alpha value is -2.64. The van der Waals surface area contributed by atoms with Crippen molar-refractivity contribution in [3.05, 3.63) is 33.7 Å². The normalized spacial score (nSPS) is 11.7. The lowest BCUT2D eigenvalue weighted by Crippen LogP contribution is -2.42. The summed E-state index contributed by atoms with van der Waals surface area (Å²) in [5.41, 5.74) is 4.79. The molecule has 20 heavy (non-hydrogen) atoms. The first-order valence-electron chi connectivity index (χ1n) is 5.82. The molecule has 8 heteroatoms. The number of H-pyrrole nitrogens is 1. The van der Waals surface area contributed by atoms with Crippen LogP contribution >= 0.6 is 0 Å². The van der Waals surface area contributed by atoms with Gasteiger partial charge in [0.05, 0.1) is 0 Å². The second-order valence-electron chi connectivity index (χ2n) is 4.26. The summed E-state index contributed by atoms with van der Waals surface area (Å²) in [5.74, 6) is -2.79. The number of aromatic nitrogens is 1. The number of aliphatic carboxylic acids is 1. The van der Waals surface area contributed by atoms with E-state index in [0.717, 1.165) is 0 Å². The lowest BCUT2D eigenvalue weighted by Gasteiger charge is -2.13. The molecule has 0 aliphatic rings. The molecular formula is C12H15N3O5. The fourth-order valence-electron chi connectivity index (χ4n) is 1.53. The molecule has 0 aliphatic heterocycles. The van der Waals surface area contributed by atoms with Crippen LogP contribution in [0.2, 0.25) is 0 Å². The summed E-state index contributed by atoms with van der Waals surface area (Å²) in [4.78, 5) is 47.7. The molecule has 1 atom stereocenters. The Morgan fingerprint density at radius 3 is 2.60 bits per heavy atom. The predicted molar refractivity (Wildman–Crippen MR) is 69.1 cm³/mol. The van der Waals surface area contributed by atoms with Crippen molar-refractivity contribution in [2.45, 2.75) is 25.8 Å². The van der Waals surface area contributed by atoms with Gasteiger partial charge in [-0.3, -0.25) is 14.4 Å². The number of amides is 2. The van der Waals surface area contributed by atoms with Gasteiger partial charge in [-0.05, 0) is 13.3 Å². The van der Waals surface area contributed by atoms with Crippen LogP contribution in [-0.2, 0) is 9.59 Å². The number of carbonyl (C=O) groups is 3. The molecule has 0 bridgehead atoms. The van der Waals surface area contributed by atoms with E-state index in [1.165, 1.54) is 12.3 Å². The number of primary amides is 1. The Kier molecular flexibility index (Phi) is 5.01. The van der Waals surface area contributed by atoms with E-state index < -0.39 is 29.3 Å². The van der Waals surface area contributed by atoms with E-state index in [1.54, 1.807) is 6.92 Å². The number of carbonyl (C=O) groups excluding carboxylic acids is 2. The molecule has 5 N–H and O–H groups in total. The summed E-state index contributed by atoms with van der Waals surface area (Å²) in [6.45, 7) is 1.65. The predicted octanol–water partition coefficient (Wildman–Crippen LogP) is -0.868. The maximum absolute atomic E-state index is 11.8. The van der Waals surface area contributed by atoms with Gasteiger partial charge in [-0.15, -0.1) is 0 Å². The number of hydrogen-bond donors (Lipinski definition) is 4. The molecule has 2 amide bonds. The van der Waals surface area contributed by atoms with E-state index in [0.29, 0.717) is 5.69 Å². The number of carboxylic acids is 1. The van der Waals surface area contributed by atoms with Gasteiger partial charge in [0, 0.05) is 24.4 Å². The largest absolute Gasteiger partial charge is 0.480 e. The number of aryl methyl sites for hydroxylation is 1. The third-order valence-electron chi connectivity index (χ3n) is 2.58. The molecule has 1 aromatic rings. The van der Waals surface area contributed by atoms with Crippen LogP contribution in [-0.4, -0.2) is 33.9 Å². The Bertz CT molecular complexity index is 593. The Balaban J connectivity index is 2.82. The van der Waals surface area contributed by atoms with Crippen molar-refractivity contribution in [2.75, 3.05) is 0 Å². The Morgan fingerprint density at radius 2 is 2.10 bits per heavy atom. The highest BCUT2D eigenvalue weighted by molar-refractivity contribution is 5.96. The lowest BCUT2D eigenvalue weighted by atomic mass is 10.1. The zero-order valence-electron chi connectivity index (χ0n) is 10.8. The van der Waals surface area contributed by atoms with Crippen LogP contribution in [0.5, 0.6) is 0 Å². The quantitative estimate of drug-likeness (QED) is 0.536. The molecule has 1 aromatic heterocycles. The summed E-state index contributed by atoms with van der Waals surface area (Å²) >= 11 is 0. The lowest BCUT2D eigenvalue weighted by molar-refractivity contribution is -0.139. The number of aromatic amines is 1. The monoisotopic (exact) mass is 281 g/mol. The average molecular weight is 281 g/mol. The fraction of sp³-hybridized carbons (Fsp3) is 0.333. The molecule has 8 nitrogen and oxygen atoms in total. The smallest absolute Gasteiger partial charge is 0.326 e. The third-order valence-corrected chi connectivity index (χ3v) is 2.58. The van der Waals surface area contributed by atoms with Crippen LogP contribution in [0.25, 0.3) is 0 Å². The first-order valence-corrected chi connectivity index (χ1v) is 5.82. The highest BCUT2D eigenvalue weighted by Crippen LogP contribution is 2.00. The summed E-state index contributed by atoms with van der Waals surface area (Å²) < 4.78 is 0. The number of nitrogens with one attached hydrogen (secondary N) is 2. The van der Waals surface area contributed by atoms with Gasteiger partial charge >= 0.3 is 5.97 Å². The van der Waals surface area contributed by atoms with Gasteiger partial charge in [0.1, 0.15) is 11.6 Å². The van der Waals surface area contributed by atoms with Crippen molar-refractivity contribution in [3.8, 4) is 0 Å². The van der Waals surface area contributed by atoms with Gasteiger partial charge in [0.2, 0.25) is 5.91 Å². The van der Waals surface area contributed by atoms with Crippen molar-refractivity contribution in [1.29, 1.82) is 0 Å². The molecule has 1 heterocycles. The zero-order chi connectivity index (χ0) is 15.3. The minimum Gasteiger partial charge on any atom is -0.480 e. The fourth-order valence-corrected chi connectivity index (χ4v) is 1.53. The SMILES string of the molecule is Cc1cc(=O)c(C(=O)NC(CCC(N)=O)C(=O)O)c[nH]1. The molecule has 0 aromatic carbocycles. The van der Waals surface area contributed by atoms with Gasteiger partial charge in [-0.25, -0.2) is 4.79 Å². The minimum absolute atomic E-state index is 0.139. The van der Waals surface area contributed by atoms with E-state index in [-0.39, 0.29) is 18.4 Å². The number of pyridine rings is 1. The molecule has 0 saturated heterocycles. The van der Waals surface area contributed by atoms with Crippen molar-refractivity contribution in [2.24, 2.45) is 5.73 Å². The Morgan fingerprint density at radius 1 is 1.45 bits per heavy atom. The number of rotatable bonds is 6. The number of hydrogen-bond acceptors (Lipinski definition) is 4. The molecule has 0 radical (unpaired) electrons. The minimum atomic E-state index is -1.30. The second kappa shape index (κ2) is 6.50. The van der Waals surface area contributed by atoms with Crippen molar-refractivity contribution in [1.82, 2.24) is 10.3 Å². The van der Waals surface area contributed by atoms with Gasteiger partial charge < -0.3 is 21.1 Å². The van der Waals surface area contributed by atoms with Gasteiger partial charge in [0.15, 0.2) is 5.43 Å². The molecule has 1 unspecified atom stereocenters. The maximum atomic E-state index is 11.8. The first kappa shape index (κ1) is 15.4. The van der Waals surface area contributed by atoms with E-state index >= 15 is 0 Å². The van der Waals surface area contributed by atoms with Crippen LogP contribution in [0.1, 0.15) is 28.9 Å². The summed E-state index contributed by atoms with van der Waals surface area (Å²) in [7, 11) is 0. The topological polar surface area (TPSA) is 142 Å². The van der Waals surface area contributed by atoms with E-state index in [1.807, 2.05) is 0 Å². The first-order chi connectivity index (χ1) is 9.31. The Labute approximate surface area is 114 Å². The van der Waals surface area contributed by atoms with Crippen LogP contribution in [0.15, 0.2) is 17.1 Å². The molecule has 108 valence electrons. The second-order valence-corrected chi connectivity index (χ2v) is 4.26. The molecule has 0 saturated carbocycles. The van der Waals surface area contributed by atoms with Crippen LogP contribution in [0, 0.1) is 6.92 Å². The molecule has 0 aliphatic carbocycles. The summed E-state index contributed by atoms with van der Waals surface area (Å²) in [6.07, 6.45) is 0.891.